The highest BCUT2D eigenvalue weighted by atomic mass is 16.5. The van der Waals surface area contributed by atoms with Crippen molar-refractivity contribution in [1.29, 1.82) is 0 Å². The Morgan fingerprint density at radius 1 is 1.54 bits per heavy atom. The highest BCUT2D eigenvalue weighted by molar-refractivity contribution is 5.20. The average molecular weight is 180 g/mol. The molecule has 1 atom stereocenters. The molecule has 0 amide bonds. The van der Waals surface area contributed by atoms with Crippen molar-refractivity contribution in [1.82, 2.24) is 0 Å². The smallest absolute Gasteiger partial charge is 0.136 e. The van der Waals surface area contributed by atoms with Gasteiger partial charge in [-0.3, -0.25) is 0 Å². The van der Waals surface area contributed by atoms with Gasteiger partial charge in [0.05, 0.1) is 6.61 Å². The van der Waals surface area contributed by atoms with Gasteiger partial charge >= 0.3 is 0 Å². The highest BCUT2D eigenvalue weighted by Gasteiger charge is 1.93. The summed E-state index contributed by atoms with van der Waals surface area (Å²) >= 11 is 0. The van der Waals surface area contributed by atoms with Gasteiger partial charge in [-0.25, -0.2) is 0 Å². The molecule has 72 valence electrons. The van der Waals surface area contributed by atoms with E-state index >= 15 is 0 Å². The zero-order valence-corrected chi connectivity index (χ0v) is 8.41. The Hall–Kier alpha value is -1.04. The van der Waals surface area contributed by atoms with Crippen molar-refractivity contribution in [2.45, 2.75) is 13.0 Å². The van der Waals surface area contributed by atoms with Gasteiger partial charge < -0.3 is 9.47 Å². The summed E-state index contributed by atoms with van der Waals surface area (Å²) in [6.45, 7) is 2.60. The number of allylic oxidation sites excluding steroid dienone is 2. The van der Waals surface area contributed by atoms with Gasteiger partial charge in [0.1, 0.15) is 6.10 Å². The Morgan fingerprint density at radius 3 is 2.69 bits per heavy atom. The van der Waals surface area contributed by atoms with Gasteiger partial charge in [0.2, 0.25) is 0 Å². The molecule has 0 aromatic carbocycles. The molecule has 0 aromatic heterocycles. The van der Waals surface area contributed by atoms with Crippen LogP contribution in [0.1, 0.15) is 6.92 Å². The van der Waals surface area contributed by atoms with Gasteiger partial charge in [0, 0.05) is 14.2 Å². The van der Waals surface area contributed by atoms with Crippen LogP contribution in [-0.4, -0.2) is 26.9 Å². The molecule has 13 heavy (non-hydrogen) atoms. The second-order valence-electron chi connectivity index (χ2n) is 2.59. The van der Waals surface area contributed by atoms with E-state index in [1.54, 1.807) is 14.2 Å². The second kappa shape index (κ2) is 7.60. The molecule has 0 spiro atoms. The van der Waals surface area contributed by atoms with Crippen molar-refractivity contribution in [2.24, 2.45) is 0 Å². The van der Waals surface area contributed by atoms with E-state index in [1.807, 2.05) is 25.2 Å². The first-order chi connectivity index (χ1) is 6.24. The quantitative estimate of drug-likeness (QED) is 0.474. The van der Waals surface area contributed by atoms with E-state index < -0.39 is 0 Å². The van der Waals surface area contributed by atoms with Crippen LogP contribution in [0.4, 0.5) is 0 Å². The lowest BCUT2D eigenvalue weighted by Gasteiger charge is -2.00. The maximum atomic E-state index is 5.20. The molecule has 0 rings (SSSR count). The number of rotatable bonds is 5. The lowest BCUT2D eigenvalue weighted by atomic mass is 10.2. The van der Waals surface area contributed by atoms with Gasteiger partial charge in [-0.15, -0.1) is 6.42 Å². The van der Waals surface area contributed by atoms with Crippen LogP contribution in [0.5, 0.6) is 0 Å². The molecule has 2 heteroatoms. The summed E-state index contributed by atoms with van der Waals surface area (Å²) in [5, 5.41) is 0. The SMILES string of the molecule is C#CC(/C=C\C(C)=C/COC)OC. The highest BCUT2D eigenvalue weighted by Crippen LogP contribution is 1.98. The van der Waals surface area contributed by atoms with Crippen molar-refractivity contribution in [3.8, 4) is 12.3 Å². The van der Waals surface area contributed by atoms with Crippen LogP contribution < -0.4 is 0 Å². The van der Waals surface area contributed by atoms with Crippen LogP contribution in [0.3, 0.4) is 0 Å². The van der Waals surface area contributed by atoms with Crippen LogP contribution in [0.2, 0.25) is 0 Å². The minimum Gasteiger partial charge on any atom is -0.381 e. The maximum Gasteiger partial charge on any atom is 0.136 e. The van der Waals surface area contributed by atoms with Gasteiger partial charge in [-0.05, 0) is 13.0 Å². The Labute approximate surface area is 80.2 Å². The Morgan fingerprint density at radius 2 is 2.23 bits per heavy atom. The molecule has 0 heterocycles. The molecular weight excluding hydrogens is 164 g/mol. The van der Waals surface area contributed by atoms with Crippen LogP contribution >= 0.6 is 0 Å². The van der Waals surface area contributed by atoms with Crippen molar-refractivity contribution in [3.05, 3.63) is 23.8 Å². The van der Waals surface area contributed by atoms with Crippen molar-refractivity contribution in [2.75, 3.05) is 20.8 Å². The number of terminal acetylenes is 1. The molecule has 0 fully saturated rings. The Bertz CT molecular complexity index is 221. The summed E-state index contributed by atoms with van der Waals surface area (Å²) in [4.78, 5) is 0. The van der Waals surface area contributed by atoms with Gasteiger partial charge in [-0.2, -0.15) is 0 Å². The lowest BCUT2D eigenvalue weighted by Crippen LogP contribution is -2.01. The number of hydrogen-bond donors (Lipinski definition) is 0. The maximum absolute atomic E-state index is 5.20. The Balaban J connectivity index is 4.03. The molecule has 0 N–H and O–H groups in total. The normalized spacial score (nSPS) is 14.5. The van der Waals surface area contributed by atoms with Gasteiger partial charge in [-0.1, -0.05) is 23.6 Å². The summed E-state index contributed by atoms with van der Waals surface area (Å²) in [6.07, 6.45) is 10.7. The fourth-order valence-electron chi connectivity index (χ4n) is 0.724. The first-order valence-electron chi connectivity index (χ1n) is 4.07. The first-order valence-corrected chi connectivity index (χ1v) is 4.07. The summed E-state index contributed by atoms with van der Waals surface area (Å²) in [7, 11) is 3.25. The predicted molar refractivity (Wildman–Crippen MR) is 54.4 cm³/mol. The predicted octanol–water partition coefficient (Wildman–Crippen LogP) is 1.78. The van der Waals surface area contributed by atoms with E-state index in [0.717, 1.165) is 5.57 Å². The molecule has 1 unspecified atom stereocenters. The molecular formula is C11H16O2. The van der Waals surface area contributed by atoms with E-state index in [0.29, 0.717) is 6.61 Å². The molecule has 0 aromatic rings. The average Bonchev–Trinajstić information content (AvgIpc) is 2.16. The number of hydrogen-bond acceptors (Lipinski definition) is 2. The molecule has 0 aliphatic carbocycles. The zero-order valence-electron chi connectivity index (χ0n) is 8.41. The van der Waals surface area contributed by atoms with Crippen LogP contribution in [0, 0.1) is 12.3 Å². The van der Waals surface area contributed by atoms with Gasteiger partial charge in [0.25, 0.3) is 0 Å². The van der Waals surface area contributed by atoms with E-state index in [2.05, 4.69) is 5.92 Å². The third-order valence-electron chi connectivity index (χ3n) is 1.52. The van der Waals surface area contributed by atoms with Crippen LogP contribution in [0.15, 0.2) is 23.8 Å². The van der Waals surface area contributed by atoms with Crippen LogP contribution in [-0.2, 0) is 9.47 Å². The second-order valence-corrected chi connectivity index (χ2v) is 2.59. The molecule has 0 aliphatic rings. The van der Waals surface area contributed by atoms with E-state index in [-0.39, 0.29) is 6.10 Å². The first kappa shape index (κ1) is 12.0. The zero-order chi connectivity index (χ0) is 10.1. The molecule has 0 saturated heterocycles. The minimum absolute atomic E-state index is 0.245. The van der Waals surface area contributed by atoms with Gasteiger partial charge in [0.15, 0.2) is 0 Å². The molecule has 0 saturated carbocycles. The molecule has 2 nitrogen and oxygen atoms in total. The van der Waals surface area contributed by atoms with Crippen molar-refractivity contribution >= 4 is 0 Å². The fourth-order valence-corrected chi connectivity index (χ4v) is 0.724. The molecule has 0 radical (unpaired) electrons. The van der Waals surface area contributed by atoms with E-state index in [1.165, 1.54) is 0 Å². The number of methoxy groups -OCH3 is 2. The summed E-state index contributed by atoms with van der Waals surface area (Å²) < 4.78 is 9.86. The number of ether oxygens (including phenoxy) is 2. The largest absolute Gasteiger partial charge is 0.381 e. The molecule has 0 aliphatic heterocycles. The topological polar surface area (TPSA) is 18.5 Å². The van der Waals surface area contributed by atoms with Crippen LogP contribution in [0.25, 0.3) is 0 Å². The van der Waals surface area contributed by atoms with E-state index in [9.17, 15) is 0 Å². The third kappa shape index (κ3) is 6.15. The minimum atomic E-state index is -0.245. The van der Waals surface area contributed by atoms with E-state index in [4.69, 9.17) is 15.9 Å². The fraction of sp³-hybridized carbons (Fsp3) is 0.455. The van der Waals surface area contributed by atoms with Crippen molar-refractivity contribution in [3.63, 3.8) is 0 Å². The third-order valence-corrected chi connectivity index (χ3v) is 1.52. The Kier molecular flexibility index (Phi) is 6.99. The standard InChI is InChI=1S/C11H16O2/c1-5-11(13-4)7-6-10(2)8-9-12-3/h1,6-8,11H,9H2,2-4H3/b7-6-,10-8-. The monoisotopic (exact) mass is 180 g/mol. The lowest BCUT2D eigenvalue weighted by molar-refractivity contribution is 0.184. The summed E-state index contributed by atoms with van der Waals surface area (Å²) in [6, 6.07) is 0. The van der Waals surface area contributed by atoms with Crippen molar-refractivity contribution < 1.29 is 9.47 Å². The molecule has 0 bridgehead atoms. The summed E-state index contributed by atoms with van der Waals surface area (Å²) in [5.74, 6) is 2.50. The summed E-state index contributed by atoms with van der Waals surface area (Å²) in [5.41, 5.74) is 1.11.